The minimum atomic E-state index is -4.16. The van der Waals surface area contributed by atoms with E-state index in [2.05, 4.69) is 0 Å². The molecular weight excluding hydrogens is 347 g/mol. The van der Waals surface area contributed by atoms with Crippen molar-refractivity contribution in [2.75, 3.05) is 6.61 Å². The zero-order valence-corrected chi connectivity index (χ0v) is 13.5. The number of hydrogen-bond acceptors (Lipinski definition) is 5. The molecule has 0 fully saturated rings. The predicted molar refractivity (Wildman–Crippen MR) is 81.6 cm³/mol. The van der Waals surface area contributed by atoms with Gasteiger partial charge in [0.2, 0.25) is 0 Å². The smallest absolute Gasteiger partial charge is 0.339 e. The summed E-state index contributed by atoms with van der Waals surface area (Å²) in [7, 11) is -4.16. The number of rotatable bonds is 5. The van der Waals surface area contributed by atoms with Crippen LogP contribution < -0.4 is 4.18 Å². The van der Waals surface area contributed by atoms with Crippen LogP contribution in [0.25, 0.3) is 0 Å². The van der Waals surface area contributed by atoms with E-state index in [9.17, 15) is 17.6 Å². The third-order valence-electron chi connectivity index (χ3n) is 2.75. The first-order chi connectivity index (χ1) is 10.8. The largest absolute Gasteiger partial charge is 0.462 e. The van der Waals surface area contributed by atoms with Gasteiger partial charge in [-0.15, -0.1) is 0 Å². The molecule has 0 heterocycles. The van der Waals surface area contributed by atoms with Gasteiger partial charge in [-0.1, -0.05) is 11.6 Å². The van der Waals surface area contributed by atoms with Crippen LogP contribution in [-0.4, -0.2) is 21.0 Å². The number of ether oxygens (including phenoxy) is 1. The fourth-order valence-corrected chi connectivity index (χ4v) is 2.87. The molecule has 2 aromatic carbocycles. The van der Waals surface area contributed by atoms with Crippen LogP contribution in [-0.2, 0) is 14.9 Å². The van der Waals surface area contributed by atoms with Gasteiger partial charge < -0.3 is 8.92 Å². The maximum Gasteiger partial charge on any atom is 0.339 e. The average Bonchev–Trinajstić information content (AvgIpc) is 2.50. The summed E-state index contributed by atoms with van der Waals surface area (Å²) in [4.78, 5) is 11.2. The van der Waals surface area contributed by atoms with Gasteiger partial charge in [-0.25, -0.2) is 9.18 Å². The molecule has 0 saturated carbocycles. The van der Waals surface area contributed by atoms with Crippen LogP contribution in [0.2, 0.25) is 5.02 Å². The molecule has 122 valence electrons. The molecule has 0 aliphatic carbocycles. The van der Waals surface area contributed by atoms with E-state index in [0.29, 0.717) is 0 Å². The summed E-state index contributed by atoms with van der Waals surface area (Å²) in [5.41, 5.74) is 0.265. The van der Waals surface area contributed by atoms with Crippen LogP contribution in [0.15, 0.2) is 47.4 Å². The van der Waals surface area contributed by atoms with E-state index in [1.54, 1.807) is 6.92 Å². The van der Waals surface area contributed by atoms with Crippen LogP contribution in [0, 0.1) is 5.82 Å². The number of halogens is 2. The number of benzene rings is 2. The third kappa shape index (κ3) is 4.20. The first kappa shape index (κ1) is 17.2. The van der Waals surface area contributed by atoms with Crippen molar-refractivity contribution >= 4 is 27.7 Å². The van der Waals surface area contributed by atoms with E-state index < -0.39 is 21.9 Å². The van der Waals surface area contributed by atoms with Gasteiger partial charge in [0.25, 0.3) is 0 Å². The quantitative estimate of drug-likeness (QED) is 0.605. The summed E-state index contributed by atoms with van der Waals surface area (Å²) in [6.45, 7) is 1.91. The Balaban J connectivity index is 2.20. The average molecular weight is 359 g/mol. The van der Waals surface area contributed by atoms with E-state index >= 15 is 0 Å². The van der Waals surface area contributed by atoms with E-state index in [0.717, 1.165) is 18.2 Å². The third-order valence-corrected chi connectivity index (χ3v) is 4.28. The summed E-state index contributed by atoms with van der Waals surface area (Å²) < 4.78 is 47.0. The summed E-state index contributed by atoms with van der Waals surface area (Å²) in [5.74, 6) is -1.25. The molecule has 23 heavy (non-hydrogen) atoms. The second-order valence-electron chi connectivity index (χ2n) is 4.36. The van der Waals surface area contributed by atoms with Crippen molar-refractivity contribution in [2.45, 2.75) is 11.8 Å². The molecule has 0 aliphatic rings. The number of hydrogen-bond donors (Lipinski definition) is 0. The topological polar surface area (TPSA) is 69.7 Å². The summed E-state index contributed by atoms with van der Waals surface area (Å²) in [6.07, 6.45) is 0. The first-order valence-electron chi connectivity index (χ1n) is 6.50. The van der Waals surface area contributed by atoms with Gasteiger partial charge in [0.1, 0.15) is 16.5 Å². The van der Waals surface area contributed by atoms with Gasteiger partial charge in [0.05, 0.1) is 17.2 Å². The molecule has 0 aromatic heterocycles. The second-order valence-corrected chi connectivity index (χ2v) is 6.31. The molecule has 0 atom stereocenters. The van der Waals surface area contributed by atoms with E-state index in [4.69, 9.17) is 20.5 Å². The standard InChI is InChI=1S/C15H12ClFO5S/c1-2-21-15(18)10-3-5-11(6-4-10)22-23(19,20)12-7-8-14(17)13(16)9-12/h3-9H,2H2,1H3. The summed E-state index contributed by atoms with van der Waals surface area (Å²) >= 11 is 5.56. The molecule has 0 aliphatic heterocycles. The lowest BCUT2D eigenvalue weighted by atomic mass is 10.2. The maximum atomic E-state index is 13.1. The Morgan fingerprint density at radius 2 is 1.83 bits per heavy atom. The minimum Gasteiger partial charge on any atom is -0.462 e. The predicted octanol–water partition coefficient (Wildman–Crippen LogP) is 3.42. The molecule has 8 heteroatoms. The Hall–Kier alpha value is -2.12. The first-order valence-corrected chi connectivity index (χ1v) is 8.29. The van der Waals surface area contributed by atoms with Crippen LogP contribution in [0.3, 0.4) is 0 Å². The number of esters is 1. The minimum absolute atomic E-state index is 0.00139. The van der Waals surface area contributed by atoms with Gasteiger partial charge in [0, 0.05) is 0 Å². The Morgan fingerprint density at radius 3 is 2.39 bits per heavy atom. The number of carbonyl (C=O) groups excluding carboxylic acids is 1. The Morgan fingerprint density at radius 1 is 1.17 bits per heavy atom. The Kier molecular flexibility index (Phi) is 5.23. The van der Waals surface area contributed by atoms with Gasteiger partial charge in [-0.05, 0) is 49.4 Å². The monoisotopic (exact) mass is 358 g/mol. The van der Waals surface area contributed by atoms with Crippen LogP contribution in [0.5, 0.6) is 5.75 Å². The normalized spacial score (nSPS) is 11.1. The molecular formula is C15H12ClFO5S. The summed E-state index contributed by atoms with van der Waals surface area (Å²) in [5, 5.41) is -0.327. The maximum absolute atomic E-state index is 13.1. The fraction of sp³-hybridized carbons (Fsp3) is 0.133. The van der Waals surface area contributed by atoms with Gasteiger partial charge in [-0.3, -0.25) is 0 Å². The lowest BCUT2D eigenvalue weighted by Crippen LogP contribution is -2.10. The van der Waals surface area contributed by atoms with Gasteiger partial charge in [-0.2, -0.15) is 8.42 Å². The van der Waals surface area contributed by atoms with Crippen molar-refractivity contribution in [3.05, 3.63) is 58.9 Å². The Labute approximate surface area is 137 Å². The zero-order valence-electron chi connectivity index (χ0n) is 12.0. The second kappa shape index (κ2) is 6.97. The van der Waals surface area contributed by atoms with Crippen molar-refractivity contribution in [1.82, 2.24) is 0 Å². The van der Waals surface area contributed by atoms with Gasteiger partial charge >= 0.3 is 16.1 Å². The van der Waals surface area contributed by atoms with Crippen molar-refractivity contribution in [3.63, 3.8) is 0 Å². The van der Waals surface area contributed by atoms with Gasteiger partial charge in [0.15, 0.2) is 0 Å². The van der Waals surface area contributed by atoms with Crippen molar-refractivity contribution < 1.29 is 26.5 Å². The van der Waals surface area contributed by atoms with Crippen LogP contribution in [0.1, 0.15) is 17.3 Å². The van der Waals surface area contributed by atoms with E-state index in [1.165, 1.54) is 24.3 Å². The fourth-order valence-electron chi connectivity index (χ4n) is 1.67. The highest BCUT2D eigenvalue weighted by atomic mass is 35.5. The van der Waals surface area contributed by atoms with Crippen molar-refractivity contribution in [2.24, 2.45) is 0 Å². The molecule has 0 amide bonds. The highest BCUT2D eigenvalue weighted by molar-refractivity contribution is 7.87. The van der Waals surface area contributed by atoms with Crippen molar-refractivity contribution in [3.8, 4) is 5.75 Å². The molecule has 0 unspecified atom stereocenters. The molecule has 5 nitrogen and oxygen atoms in total. The zero-order chi connectivity index (χ0) is 17.0. The molecule has 0 saturated heterocycles. The Bertz CT molecular complexity index is 818. The molecule has 0 radical (unpaired) electrons. The molecule has 0 N–H and O–H groups in total. The van der Waals surface area contributed by atoms with Crippen molar-refractivity contribution in [1.29, 1.82) is 0 Å². The molecule has 0 spiro atoms. The molecule has 0 bridgehead atoms. The lowest BCUT2D eigenvalue weighted by Gasteiger charge is -2.08. The SMILES string of the molecule is CCOC(=O)c1ccc(OS(=O)(=O)c2ccc(F)c(Cl)c2)cc1. The summed E-state index contributed by atoms with van der Waals surface area (Å²) in [6, 6.07) is 8.32. The van der Waals surface area contributed by atoms with E-state index in [-0.39, 0.29) is 27.8 Å². The molecule has 2 rings (SSSR count). The number of carbonyl (C=O) groups is 1. The highest BCUT2D eigenvalue weighted by Gasteiger charge is 2.18. The lowest BCUT2D eigenvalue weighted by molar-refractivity contribution is 0.0526. The van der Waals surface area contributed by atoms with E-state index in [1.807, 2.05) is 0 Å². The molecule has 2 aromatic rings. The van der Waals surface area contributed by atoms with Crippen LogP contribution >= 0.6 is 11.6 Å². The van der Waals surface area contributed by atoms with Crippen LogP contribution in [0.4, 0.5) is 4.39 Å². The highest BCUT2D eigenvalue weighted by Crippen LogP contribution is 2.23.